The average molecular weight is 412 g/mol. The Morgan fingerprint density at radius 1 is 0.935 bits per heavy atom. The molecular formula is C26H24N2O3. The second-order valence-corrected chi connectivity index (χ2v) is 9.42. The van der Waals surface area contributed by atoms with Crippen LogP contribution in [0.5, 0.6) is 0 Å². The van der Waals surface area contributed by atoms with Crippen LogP contribution in [-0.4, -0.2) is 17.7 Å². The summed E-state index contributed by atoms with van der Waals surface area (Å²) in [5, 5.41) is 2.96. The molecule has 2 saturated carbocycles. The zero-order valence-corrected chi connectivity index (χ0v) is 17.5. The summed E-state index contributed by atoms with van der Waals surface area (Å²) in [6, 6.07) is 12.6. The normalized spacial score (nSPS) is 32.1. The number of nitrogens with zero attached hydrogens (tertiary/aromatic N) is 1. The molecule has 0 spiro atoms. The Balaban J connectivity index is 1.29. The summed E-state index contributed by atoms with van der Waals surface area (Å²) in [5.41, 5.74) is 3.80. The maximum absolute atomic E-state index is 13.3. The maximum atomic E-state index is 13.3. The lowest BCUT2D eigenvalue weighted by atomic mass is 9.63. The van der Waals surface area contributed by atoms with E-state index in [1.54, 1.807) is 24.3 Å². The highest BCUT2D eigenvalue weighted by atomic mass is 16.2. The fraction of sp³-hybridized carbons (Fsp3) is 0.346. The van der Waals surface area contributed by atoms with Crippen molar-refractivity contribution in [2.45, 2.75) is 20.3 Å². The second kappa shape index (κ2) is 6.39. The smallest absolute Gasteiger partial charge is 0.255 e. The van der Waals surface area contributed by atoms with E-state index in [-0.39, 0.29) is 41.4 Å². The average Bonchev–Trinajstić information content (AvgIpc) is 3.55. The van der Waals surface area contributed by atoms with Crippen molar-refractivity contribution >= 4 is 29.1 Å². The van der Waals surface area contributed by atoms with Gasteiger partial charge in [0.05, 0.1) is 17.5 Å². The zero-order chi connectivity index (χ0) is 21.4. The first-order valence-corrected chi connectivity index (χ1v) is 11.0. The monoisotopic (exact) mass is 412 g/mol. The summed E-state index contributed by atoms with van der Waals surface area (Å²) in [7, 11) is 0. The van der Waals surface area contributed by atoms with Crippen molar-refractivity contribution in [3.8, 4) is 0 Å². The van der Waals surface area contributed by atoms with Gasteiger partial charge in [0.25, 0.3) is 5.91 Å². The maximum Gasteiger partial charge on any atom is 0.255 e. The van der Waals surface area contributed by atoms with E-state index in [9.17, 15) is 14.4 Å². The third kappa shape index (κ3) is 2.59. The third-order valence-corrected chi connectivity index (χ3v) is 7.88. The van der Waals surface area contributed by atoms with Gasteiger partial charge in [0.2, 0.25) is 11.8 Å². The molecule has 2 aromatic rings. The van der Waals surface area contributed by atoms with Gasteiger partial charge in [-0.2, -0.15) is 0 Å². The molecule has 31 heavy (non-hydrogen) atoms. The summed E-state index contributed by atoms with van der Waals surface area (Å²) in [4.78, 5) is 40.9. The third-order valence-electron chi connectivity index (χ3n) is 7.88. The number of aryl methyl sites for hydroxylation is 1. The van der Waals surface area contributed by atoms with Crippen molar-refractivity contribution in [1.82, 2.24) is 0 Å². The minimum atomic E-state index is -0.255. The summed E-state index contributed by atoms with van der Waals surface area (Å²) in [6.07, 6.45) is 5.48. The predicted molar refractivity (Wildman–Crippen MR) is 118 cm³/mol. The minimum absolute atomic E-state index is 0.105. The largest absolute Gasteiger partial charge is 0.322 e. The van der Waals surface area contributed by atoms with Crippen LogP contribution in [0.1, 0.15) is 27.9 Å². The Hall–Kier alpha value is -3.21. The molecule has 5 aliphatic rings. The Bertz CT molecular complexity index is 1150. The number of imide groups is 1. The SMILES string of the molecule is Cc1cccc(NC(=O)c2cccc(N3C(=O)[C@@H]4[C@H]5C=C[C@@H]([C@@H]6C[C@@H]56)[C@@H]4C3=O)c2)c1C. The number of benzene rings is 2. The Morgan fingerprint density at radius 3 is 2.26 bits per heavy atom. The molecule has 1 N–H and O–H groups in total. The number of anilines is 2. The molecular weight excluding hydrogens is 388 g/mol. The number of amides is 3. The first-order valence-electron chi connectivity index (χ1n) is 11.0. The minimum Gasteiger partial charge on any atom is -0.322 e. The molecule has 0 unspecified atom stereocenters. The van der Waals surface area contributed by atoms with Crippen molar-refractivity contribution in [3.63, 3.8) is 0 Å². The fourth-order valence-corrected chi connectivity index (χ4v) is 6.08. The number of hydrogen-bond donors (Lipinski definition) is 1. The molecule has 156 valence electrons. The van der Waals surface area contributed by atoms with Crippen LogP contribution in [0.4, 0.5) is 11.4 Å². The highest BCUT2D eigenvalue weighted by Crippen LogP contribution is 2.65. The van der Waals surface area contributed by atoms with Crippen molar-refractivity contribution in [3.05, 3.63) is 71.3 Å². The second-order valence-electron chi connectivity index (χ2n) is 9.42. The van der Waals surface area contributed by atoms with E-state index in [2.05, 4.69) is 17.5 Å². The van der Waals surface area contributed by atoms with E-state index in [1.165, 1.54) is 4.90 Å². The van der Waals surface area contributed by atoms with Gasteiger partial charge in [-0.15, -0.1) is 0 Å². The summed E-state index contributed by atoms with van der Waals surface area (Å²) >= 11 is 0. The highest BCUT2D eigenvalue weighted by Gasteiger charge is 2.67. The van der Waals surface area contributed by atoms with Gasteiger partial charge < -0.3 is 5.32 Å². The molecule has 7 rings (SSSR count). The lowest BCUT2D eigenvalue weighted by molar-refractivity contribution is -0.124. The van der Waals surface area contributed by atoms with Gasteiger partial charge in [-0.3, -0.25) is 14.4 Å². The van der Waals surface area contributed by atoms with Crippen LogP contribution in [-0.2, 0) is 9.59 Å². The molecule has 1 saturated heterocycles. The van der Waals surface area contributed by atoms with Crippen molar-refractivity contribution < 1.29 is 14.4 Å². The van der Waals surface area contributed by atoms with Gasteiger partial charge in [0, 0.05) is 11.3 Å². The number of allylic oxidation sites excluding steroid dienone is 2. The van der Waals surface area contributed by atoms with Crippen LogP contribution in [0.3, 0.4) is 0 Å². The van der Waals surface area contributed by atoms with Crippen LogP contribution < -0.4 is 10.2 Å². The van der Waals surface area contributed by atoms with Crippen LogP contribution in [0.2, 0.25) is 0 Å². The molecule has 5 heteroatoms. The molecule has 5 nitrogen and oxygen atoms in total. The fourth-order valence-electron chi connectivity index (χ4n) is 6.08. The molecule has 2 aromatic carbocycles. The molecule has 1 aliphatic heterocycles. The van der Waals surface area contributed by atoms with E-state index in [4.69, 9.17) is 0 Å². The van der Waals surface area contributed by atoms with E-state index < -0.39 is 0 Å². The quantitative estimate of drug-likeness (QED) is 0.609. The zero-order valence-electron chi connectivity index (χ0n) is 17.5. The number of rotatable bonds is 3. The number of nitrogens with one attached hydrogen (secondary N) is 1. The molecule has 2 bridgehead atoms. The predicted octanol–water partition coefficient (Wildman–Crippen LogP) is 4.11. The lowest BCUT2D eigenvalue weighted by Crippen LogP contribution is -2.40. The number of carbonyl (C=O) groups excluding carboxylic acids is 3. The van der Waals surface area contributed by atoms with Crippen molar-refractivity contribution in [1.29, 1.82) is 0 Å². The van der Waals surface area contributed by atoms with Gasteiger partial charge in [0.1, 0.15) is 0 Å². The number of carbonyl (C=O) groups is 3. The van der Waals surface area contributed by atoms with Gasteiger partial charge in [-0.05, 0) is 79.3 Å². The molecule has 0 radical (unpaired) electrons. The molecule has 3 fully saturated rings. The Labute approximate surface area is 181 Å². The molecule has 0 aromatic heterocycles. The topological polar surface area (TPSA) is 66.5 Å². The van der Waals surface area contributed by atoms with Gasteiger partial charge in [-0.1, -0.05) is 30.4 Å². The van der Waals surface area contributed by atoms with E-state index >= 15 is 0 Å². The van der Waals surface area contributed by atoms with Crippen LogP contribution in [0.15, 0.2) is 54.6 Å². The molecule has 6 atom stereocenters. The number of hydrogen-bond acceptors (Lipinski definition) is 3. The van der Waals surface area contributed by atoms with E-state index in [0.29, 0.717) is 23.1 Å². The highest BCUT2D eigenvalue weighted by molar-refractivity contribution is 6.23. The first-order chi connectivity index (χ1) is 15.0. The van der Waals surface area contributed by atoms with E-state index in [1.807, 2.05) is 32.0 Å². The van der Waals surface area contributed by atoms with E-state index in [0.717, 1.165) is 23.2 Å². The van der Waals surface area contributed by atoms with Gasteiger partial charge in [-0.25, -0.2) is 4.90 Å². The Kier molecular flexibility index (Phi) is 3.83. The first kappa shape index (κ1) is 18.6. The van der Waals surface area contributed by atoms with Gasteiger partial charge in [0.15, 0.2) is 0 Å². The summed E-state index contributed by atoms with van der Waals surface area (Å²) in [5.74, 6) is 0.589. The summed E-state index contributed by atoms with van der Waals surface area (Å²) < 4.78 is 0. The van der Waals surface area contributed by atoms with Crippen LogP contribution >= 0.6 is 0 Å². The van der Waals surface area contributed by atoms with Crippen molar-refractivity contribution in [2.75, 3.05) is 10.2 Å². The summed E-state index contributed by atoms with van der Waals surface area (Å²) in [6.45, 7) is 3.97. The molecule has 4 aliphatic carbocycles. The van der Waals surface area contributed by atoms with Crippen molar-refractivity contribution in [2.24, 2.45) is 35.5 Å². The van der Waals surface area contributed by atoms with Crippen LogP contribution in [0.25, 0.3) is 0 Å². The standard InChI is InChI=1S/C26H24N2O3/c1-13-5-3-8-21(14(13)2)27-24(29)15-6-4-7-16(11-15)28-25(30)22-17-9-10-18(20-12-19(17)20)23(22)26(28)31/h3-11,17-20,22-23H,12H2,1-2H3,(H,27,29)/t17-,18-,19-,20-,22-,23+/m0/s1. The Morgan fingerprint density at radius 2 is 1.58 bits per heavy atom. The lowest BCUT2D eigenvalue weighted by Gasteiger charge is -2.37. The molecule has 3 amide bonds. The van der Waals surface area contributed by atoms with Gasteiger partial charge >= 0.3 is 0 Å². The molecule has 1 heterocycles. The van der Waals surface area contributed by atoms with Crippen LogP contribution in [0, 0.1) is 49.4 Å².